The number of carbonyl (C=O) groups is 2. The summed E-state index contributed by atoms with van der Waals surface area (Å²) in [6.45, 7) is 3.21. The largest absolute Gasteiger partial charge is 0.482 e. The minimum absolute atomic E-state index is 0.244. The Kier molecular flexibility index (Phi) is 5.74. The molecular weight excluding hydrogens is 294 g/mol. The number of carbonyl (C=O) groups excluding carboxylic acids is 2. The van der Waals surface area contributed by atoms with Gasteiger partial charge < -0.3 is 14.8 Å². The Bertz CT molecular complexity index is 670. The van der Waals surface area contributed by atoms with Crippen molar-refractivity contribution in [2.75, 3.05) is 11.9 Å². The first-order valence-electron chi connectivity index (χ1n) is 7.29. The monoisotopic (exact) mass is 313 g/mol. The number of amides is 1. The maximum absolute atomic E-state index is 12.0. The van der Waals surface area contributed by atoms with Crippen molar-refractivity contribution in [3.8, 4) is 5.75 Å². The van der Waals surface area contributed by atoms with E-state index in [1.165, 1.54) is 6.92 Å². The third-order valence-corrected chi connectivity index (χ3v) is 3.06. The number of benzene rings is 2. The molecule has 120 valence electrons. The van der Waals surface area contributed by atoms with Crippen molar-refractivity contribution in [2.45, 2.75) is 20.0 Å². The highest BCUT2D eigenvalue weighted by Gasteiger charge is 2.18. The lowest BCUT2D eigenvalue weighted by Gasteiger charge is -2.14. The van der Waals surface area contributed by atoms with Gasteiger partial charge in [0.05, 0.1) is 0 Å². The summed E-state index contributed by atoms with van der Waals surface area (Å²) in [6.07, 6.45) is -0.901. The molecule has 5 heteroatoms. The minimum Gasteiger partial charge on any atom is -0.482 e. The predicted octanol–water partition coefficient (Wildman–Crippen LogP) is 2.94. The molecule has 1 atom stereocenters. The lowest BCUT2D eigenvalue weighted by Crippen LogP contribution is -2.31. The van der Waals surface area contributed by atoms with E-state index in [2.05, 4.69) is 5.32 Å². The zero-order valence-corrected chi connectivity index (χ0v) is 13.1. The summed E-state index contributed by atoms with van der Waals surface area (Å²) in [5.41, 5.74) is 1.70. The van der Waals surface area contributed by atoms with Crippen molar-refractivity contribution >= 4 is 17.6 Å². The Labute approximate surface area is 135 Å². The van der Waals surface area contributed by atoms with Crippen LogP contribution in [-0.2, 0) is 14.3 Å². The number of hydrogen-bond donors (Lipinski definition) is 1. The van der Waals surface area contributed by atoms with Crippen LogP contribution in [-0.4, -0.2) is 24.6 Å². The summed E-state index contributed by atoms with van der Waals surface area (Å²) in [5.74, 6) is -0.411. The SMILES string of the molecule is Cc1cccc(NC(=O)[C@@H](C)OC(=O)COc2ccccc2)c1. The molecule has 1 amide bonds. The van der Waals surface area contributed by atoms with Crippen molar-refractivity contribution in [2.24, 2.45) is 0 Å². The van der Waals surface area contributed by atoms with Crippen LogP contribution in [0.5, 0.6) is 5.75 Å². The molecule has 2 rings (SSSR count). The van der Waals surface area contributed by atoms with Gasteiger partial charge in [-0.2, -0.15) is 0 Å². The number of nitrogens with one attached hydrogen (secondary N) is 1. The Morgan fingerprint density at radius 2 is 1.83 bits per heavy atom. The molecule has 0 spiro atoms. The highest BCUT2D eigenvalue weighted by atomic mass is 16.6. The summed E-state index contributed by atoms with van der Waals surface area (Å²) in [5, 5.41) is 2.70. The Morgan fingerprint density at radius 1 is 1.09 bits per heavy atom. The second-order valence-corrected chi connectivity index (χ2v) is 5.09. The fourth-order valence-electron chi connectivity index (χ4n) is 1.91. The lowest BCUT2D eigenvalue weighted by molar-refractivity contribution is -0.155. The molecule has 0 unspecified atom stereocenters. The second-order valence-electron chi connectivity index (χ2n) is 5.09. The molecule has 2 aromatic carbocycles. The maximum atomic E-state index is 12.0. The van der Waals surface area contributed by atoms with Crippen LogP contribution in [0, 0.1) is 6.92 Å². The van der Waals surface area contributed by atoms with Crippen LogP contribution >= 0.6 is 0 Å². The molecule has 1 N–H and O–H groups in total. The van der Waals surface area contributed by atoms with Crippen LogP contribution in [0.2, 0.25) is 0 Å². The zero-order valence-electron chi connectivity index (χ0n) is 13.1. The lowest BCUT2D eigenvalue weighted by atomic mass is 10.2. The van der Waals surface area contributed by atoms with E-state index in [9.17, 15) is 9.59 Å². The number of aryl methyl sites for hydroxylation is 1. The van der Waals surface area contributed by atoms with E-state index in [0.29, 0.717) is 11.4 Å². The number of rotatable bonds is 6. The molecule has 0 fully saturated rings. The van der Waals surface area contributed by atoms with Crippen LogP contribution in [0.15, 0.2) is 54.6 Å². The summed E-state index contributed by atoms with van der Waals surface area (Å²) < 4.78 is 10.3. The third kappa shape index (κ3) is 5.47. The smallest absolute Gasteiger partial charge is 0.344 e. The highest BCUT2D eigenvalue weighted by molar-refractivity contribution is 5.95. The summed E-state index contributed by atoms with van der Waals surface area (Å²) in [7, 11) is 0. The first-order chi connectivity index (χ1) is 11.0. The number of anilines is 1. The van der Waals surface area contributed by atoms with Crippen molar-refractivity contribution in [1.82, 2.24) is 0 Å². The molecule has 0 radical (unpaired) electrons. The Hall–Kier alpha value is -2.82. The standard InChI is InChI=1S/C18H19NO4/c1-13-7-6-8-15(11-13)19-18(21)14(2)23-17(20)12-22-16-9-4-3-5-10-16/h3-11,14H,12H2,1-2H3,(H,19,21)/t14-/m1/s1. The Morgan fingerprint density at radius 3 is 2.52 bits per heavy atom. The van der Waals surface area contributed by atoms with Gasteiger partial charge in [-0.25, -0.2) is 4.79 Å². The second kappa shape index (κ2) is 7.98. The van der Waals surface area contributed by atoms with Gasteiger partial charge in [0, 0.05) is 5.69 Å². The zero-order chi connectivity index (χ0) is 16.7. The predicted molar refractivity (Wildman–Crippen MR) is 87.3 cm³/mol. The Balaban J connectivity index is 1.79. The number of hydrogen-bond acceptors (Lipinski definition) is 4. The van der Waals surface area contributed by atoms with E-state index in [1.807, 2.05) is 31.2 Å². The van der Waals surface area contributed by atoms with Crippen LogP contribution in [0.25, 0.3) is 0 Å². The molecule has 0 aliphatic carbocycles. The molecule has 0 aromatic heterocycles. The van der Waals surface area contributed by atoms with Gasteiger partial charge in [0.25, 0.3) is 5.91 Å². The van der Waals surface area contributed by atoms with E-state index in [-0.39, 0.29) is 12.5 Å². The summed E-state index contributed by atoms with van der Waals surface area (Å²) in [4.78, 5) is 23.7. The van der Waals surface area contributed by atoms with Crippen LogP contribution in [0.3, 0.4) is 0 Å². The minimum atomic E-state index is -0.901. The van der Waals surface area contributed by atoms with Gasteiger partial charge in [0.2, 0.25) is 0 Å². The molecule has 0 saturated carbocycles. The first-order valence-corrected chi connectivity index (χ1v) is 7.29. The van der Waals surface area contributed by atoms with Crippen molar-refractivity contribution in [3.63, 3.8) is 0 Å². The van der Waals surface area contributed by atoms with E-state index < -0.39 is 12.1 Å². The van der Waals surface area contributed by atoms with Crippen LogP contribution < -0.4 is 10.1 Å². The fourth-order valence-corrected chi connectivity index (χ4v) is 1.91. The topological polar surface area (TPSA) is 64.6 Å². The molecule has 2 aromatic rings. The maximum Gasteiger partial charge on any atom is 0.344 e. The quantitative estimate of drug-likeness (QED) is 0.833. The first kappa shape index (κ1) is 16.5. The highest BCUT2D eigenvalue weighted by Crippen LogP contribution is 2.11. The van der Waals surface area contributed by atoms with Gasteiger partial charge in [-0.15, -0.1) is 0 Å². The van der Waals surface area contributed by atoms with Gasteiger partial charge in [-0.1, -0.05) is 30.3 Å². The molecule has 0 saturated heterocycles. The van der Waals surface area contributed by atoms with Crippen molar-refractivity contribution in [1.29, 1.82) is 0 Å². The van der Waals surface area contributed by atoms with E-state index in [1.54, 1.807) is 30.3 Å². The van der Waals surface area contributed by atoms with E-state index in [0.717, 1.165) is 5.56 Å². The molecule has 5 nitrogen and oxygen atoms in total. The van der Waals surface area contributed by atoms with E-state index in [4.69, 9.17) is 9.47 Å². The molecule has 0 aliphatic heterocycles. The summed E-state index contributed by atoms with van der Waals surface area (Å²) >= 11 is 0. The fraction of sp³-hybridized carbons (Fsp3) is 0.222. The van der Waals surface area contributed by atoms with Crippen molar-refractivity contribution < 1.29 is 19.1 Å². The van der Waals surface area contributed by atoms with Gasteiger partial charge in [0.1, 0.15) is 5.75 Å². The van der Waals surface area contributed by atoms with Crippen LogP contribution in [0.4, 0.5) is 5.69 Å². The normalized spacial score (nSPS) is 11.4. The molecule has 0 heterocycles. The summed E-state index contributed by atoms with van der Waals surface area (Å²) in [6, 6.07) is 16.3. The van der Waals surface area contributed by atoms with Crippen LogP contribution in [0.1, 0.15) is 12.5 Å². The molecule has 23 heavy (non-hydrogen) atoms. The average molecular weight is 313 g/mol. The number of esters is 1. The average Bonchev–Trinajstić information content (AvgIpc) is 2.54. The number of para-hydroxylation sites is 1. The van der Waals surface area contributed by atoms with Gasteiger partial charge in [-0.3, -0.25) is 4.79 Å². The van der Waals surface area contributed by atoms with Gasteiger partial charge >= 0.3 is 5.97 Å². The molecular formula is C18H19NO4. The van der Waals surface area contributed by atoms with Gasteiger partial charge in [-0.05, 0) is 43.7 Å². The van der Waals surface area contributed by atoms with Crippen molar-refractivity contribution in [3.05, 3.63) is 60.2 Å². The van der Waals surface area contributed by atoms with E-state index >= 15 is 0 Å². The molecule has 0 aliphatic rings. The molecule has 0 bridgehead atoms. The van der Waals surface area contributed by atoms with Gasteiger partial charge in [0.15, 0.2) is 12.7 Å². The third-order valence-electron chi connectivity index (χ3n) is 3.06. The number of ether oxygens (including phenoxy) is 2.